The van der Waals surface area contributed by atoms with Gasteiger partial charge in [0.1, 0.15) is 0 Å². The van der Waals surface area contributed by atoms with Gasteiger partial charge in [0.25, 0.3) is 5.91 Å². The molecular formula is C17H17N3O2S. The number of fused-ring (bicyclic) bond motifs is 1. The second kappa shape index (κ2) is 6.34. The van der Waals surface area contributed by atoms with Gasteiger partial charge in [-0.05, 0) is 42.5 Å². The number of hydrogen-bond donors (Lipinski definition) is 2. The quantitative estimate of drug-likeness (QED) is 0.909. The summed E-state index contributed by atoms with van der Waals surface area (Å²) < 4.78 is 0. The van der Waals surface area contributed by atoms with E-state index in [2.05, 4.69) is 10.6 Å². The van der Waals surface area contributed by atoms with Crippen LogP contribution in [0.3, 0.4) is 0 Å². The minimum Gasteiger partial charge on any atom is -0.378 e. The van der Waals surface area contributed by atoms with Gasteiger partial charge in [0.15, 0.2) is 0 Å². The molecule has 0 unspecified atom stereocenters. The highest BCUT2D eigenvalue weighted by molar-refractivity contribution is 8.00. The first kappa shape index (κ1) is 15.4. The molecule has 0 atom stereocenters. The number of amides is 2. The average molecular weight is 327 g/mol. The van der Waals surface area contributed by atoms with E-state index in [4.69, 9.17) is 0 Å². The molecule has 2 N–H and O–H groups in total. The first-order valence-electron chi connectivity index (χ1n) is 7.18. The highest BCUT2D eigenvalue weighted by Crippen LogP contribution is 2.32. The molecule has 3 rings (SSSR count). The molecule has 2 amide bonds. The molecule has 0 radical (unpaired) electrons. The fourth-order valence-corrected chi connectivity index (χ4v) is 3.06. The summed E-state index contributed by atoms with van der Waals surface area (Å²) in [6.07, 6.45) is 0. The summed E-state index contributed by atoms with van der Waals surface area (Å²) in [5.41, 5.74) is 3.01. The molecule has 0 saturated carbocycles. The monoisotopic (exact) mass is 327 g/mol. The third-order valence-electron chi connectivity index (χ3n) is 3.52. The van der Waals surface area contributed by atoms with Crippen LogP contribution in [0.1, 0.15) is 10.4 Å². The molecule has 0 spiro atoms. The van der Waals surface area contributed by atoms with Gasteiger partial charge in [0, 0.05) is 35.9 Å². The van der Waals surface area contributed by atoms with Crippen LogP contribution in [0.5, 0.6) is 0 Å². The lowest BCUT2D eigenvalue weighted by atomic mass is 10.1. The Balaban J connectivity index is 1.75. The van der Waals surface area contributed by atoms with Crippen LogP contribution in [0, 0.1) is 0 Å². The van der Waals surface area contributed by atoms with Gasteiger partial charge in [-0.1, -0.05) is 0 Å². The van der Waals surface area contributed by atoms with Crippen molar-refractivity contribution in [3.63, 3.8) is 0 Å². The Morgan fingerprint density at radius 2 is 1.91 bits per heavy atom. The molecule has 118 valence electrons. The Morgan fingerprint density at radius 1 is 1.17 bits per heavy atom. The molecular weight excluding hydrogens is 310 g/mol. The fourth-order valence-electron chi connectivity index (χ4n) is 2.27. The molecule has 0 saturated heterocycles. The minimum absolute atomic E-state index is 0.0423. The number of benzene rings is 2. The number of nitrogens with one attached hydrogen (secondary N) is 2. The predicted molar refractivity (Wildman–Crippen MR) is 94.5 cm³/mol. The summed E-state index contributed by atoms with van der Waals surface area (Å²) in [5, 5.41) is 5.66. The van der Waals surface area contributed by atoms with Crippen LogP contribution in [0.2, 0.25) is 0 Å². The maximum atomic E-state index is 12.4. The second-order valence-electron chi connectivity index (χ2n) is 5.44. The zero-order valence-corrected chi connectivity index (χ0v) is 13.7. The molecule has 0 aromatic heterocycles. The lowest BCUT2D eigenvalue weighted by Crippen LogP contribution is -2.20. The van der Waals surface area contributed by atoms with Crippen molar-refractivity contribution in [2.24, 2.45) is 0 Å². The summed E-state index contributed by atoms with van der Waals surface area (Å²) in [4.78, 5) is 26.8. The van der Waals surface area contributed by atoms with Crippen LogP contribution in [0.25, 0.3) is 0 Å². The molecule has 1 aliphatic rings. The number of carbonyl (C=O) groups is 2. The van der Waals surface area contributed by atoms with Crippen LogP contribution in [-0.4, -0.2) is 31.7 Å². The van der Waals surface area contributed by atoms with Crippen molar-refractivity contribution >= 4 is 40.6 Å². The Kier molecular flexibility index (Phi) is 4.25. The van der Waals surface area contributed by atoms with Crippen molar-refractivity contribution in [2.75, 3.05) is 35.4 Å². The van der Waals surface area contributed by atoms with E-state index >= 15 is 0 Å². The largest absolute Gasteiger partial charge is 0.378 e. The van der Waals surface area contributed by atoms with Crippen molar-refractivity contribution in [3.8, 4) is 0 Å². The molecule has 5 nitrogen and oxygen atoms in total. The van der Waals surface area contributed by atoms with Gasteiger partial charge in [-0.15, -0.1) is 11.8 Å². The number of carbonyl (C=O) groups excluding carboxylic acids is 2. The maximum Gasteiger partial charge on any atom is 0.255 e. The molecule has 1 heterocycles. The van der Waals surface area contributed by atoms with Crippen LogP contribution in [-0.2, 0) is 4.79 Å². The van der Waals surface area contributed by atoms with Crippen LogP contribution in [0.15, 0.2) is 47.4 Å². The van der Waals surface area contributed by atoms with Crippen molar-refractivity contribution in [1.29, 1.82) is 0 Å². The molecule has 0 fully saturated rings. The zero-order valence-electron chi connectivity index (χ0n) is 12.9. The van der Waals surface area contributed by atoms with Gasteiger partial charge in [0.2, 0.25) is 5.91 Å². The topological polar surface area (TPSA) is 61.4 Å². The van der Waals surface area contributed by atoms with E-state index in [1.807, 2.05) is 49.3 Å². The van der Waals surface area contributed by atoms with Crippen molar-refractivity contribution in [2.45, 2.75) is 4.90 Å². The first-order chi connectivity index (χ1) is 11.0. The summed E-state index contributed by atoms with van der Waals surface area (Å²) in [5.74, 6) is 0.172. The molecule has 2 aromatic carbocycles. The second-order valence-corrected chi connectivity index (χ2v) is 6.46. The highest BCUT2D eigenvalue weighted by atomic mass is 32.2. The van der Waals surface area contributed by atoms with Gasteiger partial charge in [-0.2, -0.15) is 0 Å². The highest BCUT2D eigenvalue weighted by Gasteiger charge is 2.17. The van der Waals surface area contributed by atoms with E-state index in [9.17, 15) is 9.59 Å². The van der Waals surface area contributed by atoms with Gasteiger partial charge >= 0.3 is 0 Å². The maximum absolute atomic E-state index is 12.4. The lowest BCUT2D eigenvalue weighted by molar-refractivity contribution is -0.113. The van der Waals surface area contributed by atoms with E-state index in [1.165, 1.54) is 11.8 Å². The molecule has 0 bridgehead atoms. The van der Waals surface area contributed by atoms with E-state index in [-0.39, 0.29) is 11.8 Å². The van der Waals surface area contributed by atoms with Crippen molar-refractivity contribution < 1.29 is 9.59 Å². The molecule has 1 aliphatic heterocycles. The van der Waals surface area contributed by atoms with Gasteiger partial charge in [0.05, 0.1) is 11.4 Å². The van der Waals surface area contributed by atoms with E-state index in [1.54, 1.807) is 12.1 Å². The van der Waals surface area contributed by atoms with Crippen LogP contribution < -0.4 is 15.5 Å². The van der Waals surface area contributed by atoms with Gasteiger partial charge < -0.3 is 15.5 Å². The SMILES string of the molecule is CN(C)c1ccc(NC(=O)c2ccc3c(c2)NC(=O)CS3)cc1. The van der Waals surface area contributed by atoms with Crippen LogP contribution in [0.4, 0.5) is 17.1 Å². The summed E-state index contributed by atoms with van der Waals surface area (Å²) in [7, 11) is 3.93. The molecule has 6 heteroatoms. The van der Waals surface area contributed by atoms with E-state index < -0.39 is 0 Å². The third-order valence-corrected chi connectivity index (χ3v) is 4.59. The third kappa shape index (κ3) is 3.48. The predicted octanol–water partition coefficient (Wildman–Crippen LogP) is 3.05. The number of anilines is 3. The van der Waals surface area contributed by atoms with E-state index in [0.29, 0.717) is 17.0 Å². The van der Waals surface area contributed by atoms with Crippen LogP contribution >= 0.6 is 11.8 Å². The summed E-state index contributed by atoms with van der Waals surface area (Å²) in [6, 6.07) is 13.0. The van der Waals surface area contributed by atoms with Crippen molar-refractivity contribution in [3.05, 3.63) is 48.0 Å². The smallest absolute Gasteiger partial charge is 0.255 e. The fraction of sp³-hybridized carbons (Fsp3) is 0.176. The summed E-state index contributed by atoms with van der Waals surface area (Å²) >= 11 is 1.48. The number of hydrogen-bond acceptors (Lipinski definition) is 4. The minimum atomic E-state index is -0.199. The zero-order chi connectivity index (χ0) is 16.4. The number of nitrogens with zero attached hydrogens (tertiary/aromatic N) is 1. The van der Waals surface area contributed by atoms with E-state index in [0.717, 1.165) is 16.3 Å². The molecule has 23 heavy (non-hydrogen) atoms. The first-order valence-corrected chi connectivity index (χ1v) is 8.17. The average Bonchev–Trinajstić information content (AvgIpc) is 2.54. The number of thioether (sulfide) groups is 1. The Morgan fingerprint density at radius 3 is 2.61 bits per heavy atom. The summed E-state index contributed by atoms with van der Waals surface area (Å²) in [6.45, 7) is 0. The molecule has 0 aliphatic carbocycles. The standard InChI is InChI=1S/C17H17N3O2S/c1-20(2)13-6-4-12(5-7-13)18-17(22)11-3-8-15-14(9-11)19-16(21)10-23-15/h3-9H,10H2,1-2H3,(H,18,22)(H,19,21). The lowest BCUT2D eigenvalue weighted by Gasteiger charge is -2.17. The Labute approximate surface area is 139 Å². The Hall–Kier alpha value is -2.47. The van der Waals surface area contributed by atoms with Crippen molar-refractivity contribution in [1.82, 2.24) is 0 Å². The Bertz CT molecular complexity index is 757. The van der Waals surface area contributed by atoms with Gasteiger partial charge in [-0.25, -0.2) is 0 Å². The normalized spacial score (nSPS) is 13.0. The number of rotatable bonds is 3. The molecule has 2 aromatic rings. The van der Waals surface area contributed by atoms with Gasteiger partial charge in [-0.3, -0.25) is 9.59 Å².